The average Bonchev–Trinajstić information content (AvgIpc) is 3.93. The van der Waals surface area contributed by atoms with Crippen molar-refractivity contribution in [2.45, 2.75) is 19.3 Å². The van der Waals surface area contributed by atoms with Crippen LogP contribution < -0.4 is 0 Å². The van der Waals surface area contributed by atoms with E-state index in [1.54, 1.807) is 11.3 Å². The van der Waals surface area contributed by atoms with Crippen LogP contribution in [0.2, 0.25) is 0 Å². The largest absolute Gasteiger partial charge is 0.456 e. The Morgan fingerprint density at radius 3 is 1.90 bits per heavy atom. The highest BCUT2D eigenvalue weighted by molar-refractivity contribution is 7.25. The highest BCUT2D eigenvalue weighted by Crippen LogP contribution is 2.50. The van der Waals surface area contributed by atoms with E-state index in [0.29, 0.717) is 17.5 Å². The van der Waals surface area contributed by atoms with Crippen LogP contribution in [0.1, 0.15) is 25.0 Å². The predicted molar refractivity (Wildman–Crippen MR) is 245 cm³/mol. The molecule has 5 heteroatoms. The summed E-state index contributed by atoms with van der Waals surface area (Å²) in [6, 6.07) is 62.5. The van der Waals surface area contributed by atoms with Gasteiger partial charge in [-0.2, -0.15) is 0 Å². The molecule has 0 unspecified atom stereocenters. The van der Waals surface area contributed by atoms with Crippen LogP contribution in [0.15, 0.2) is 180 Å². The van der Waals surface area contributed by atoms with E-state index >= 15 is 0 Å². The minimum Gasteiger partial charge on any atom is -0.456 e. The highest BCUT2D eigenvalue weighted by Gasteiger charge is 2.35. The van der Waals surface area contributed by atoms with E-state index in [2.05, 4.69) is 172 Å². The van der Waals surface area contributed by atoms with Gasteiger partial charge in [-0.1, -0.05) is 153 Å². The van der Waals surface area contributed by atoms with Crippen molar-refractivity contribution < 1.29 is 4.42 Å². The molecule has 0 saturated heterocycles. The molecule has 0 spiro atoms. The second-order valence-electron chi connectivity index (χ2n) is 16.0. The zero-order chi connectivity index (χ0) is 39.2. The third-order valence-corrected chi connectivity index (χ3v) is 13.3. The van der Waals surface area contributed by atoms with Crippen molar-refractivity contribution >= 4 is 53.4 Å². The first-order valence-corrected chi connectivity index (χ1v) is 20.8. The van der Waals surface area contributed by atoms with Gasteiger partial charge in [0, 0.05) is 53.1 Å². The first-order valence-electron chi connectivity index (χ1n) is 20.0. The van der Waals surface area contributed by atoms with Crippen LogP contribution >= 0.6 is 11.3 Å². The molecule has 0 bridgehead atoms. The lowest BCUT2D eigenvalue weighted by molar-refractivity contribution is 0.660. The number of benzene rings is 8. The molecule has 1 aliphatic rings. The van der Waals surface area contributed by atoms with E-state index in [4.69, 9.17) is 19.4 Å². The van der Waals surface area contributed by atoms with Crippen LogP contribution in [-0.2, 0) is 5.41 Å². The zero-order valence-electron chi connectivity index (χ0n) is 32.4. The Kier molecular flexibility index (Phi) is 7.41. The molecule has 0 radical (unpaired) electrons. The molecule has 8 aromatic carbocycles. The maximum absolute atomic E-state index is 6.55. The van der Waals surface area contributed by atoms with Crippen molar-refractivity contribution in [3.05, 3.63) is 187 Å². The van der Waals surface area contributed by atoms with Gasteiger partial charge >= 0.3 is 0 Å². The number of hydrogen-bond acceptors (Lipinski definition) is 5. The van der Waals surface area contributed by atoms with Gasteiger partial charge in [0.15, 0.2) is 17.5 Å². The summed E-state index contributed by atoms with van der Waals surface area (Å²) in [4.78, 5) is 15.6. The molecule has 0 aliphatic heterocycles. The van der Waals surface area contributed by atoms with E-state index in [9.17, 15) is 0 Å². The number of fused-ring (bicyclic) bond motifs is 9. The van der Waals surface area contributed by atoms with Gasteiger partial charge in [-0.3, -0.25) is 0 Å². The topological polar surface area (TPSA) is 51.8 Å². The van der Waals surface area contributed by atoms with Crippen molar-refractivity contribution in [1.82, 2.24) is 15.0 Å². The Bertz CT molecular complexity index is 3470. The van der Waals surface area contributed by atoms with Gasteiger partial charge in [-0.05, 0) is 80.9 Å². The minimum atomic E-state index is -0.0418. The lowest BCUT2D eigenvalue weighted by atomic mass is 9.82. The third kappa shape index (κ3) is 5.39. The first-order chi connectivity index (χ1) is 29.0. The van der Waals surface area contributed by atoms with E-state index in [0.717, 1.165) is 49.8 Å². The summed E-state index contributed by atoms with van der Waals surface area (Å²) in [6.07, 6.45) is 0. The Balaban J connectivity index is 1.03. The molecular weight excluding hydrogens is 739 g/mol. The van der Waals surface area contributed by atoms with E-state index in [-0.39, 0.29) is 5.41 Å². The Labute approximate surface area is 345 Å². The summed E-state index contributed by atoms with van der Waals surface area (Å²) in [5.74, 6) is 1.85. The van der Waals surface area contributed by atoms with Crippen molar-refractivity contribution in [1.29, 1.82) is 0 Å². The van der Waals surface area contributed by atoms with Crippen LogP contribution in [0.5, 0.6) is 0 Å². The van der Waals surface area contributed by atoms with E-state index in [1.165, 1.54) is 53.6 Å². The molecule has 0 N–H and O–H groups in total. The number of nitrogens with zero attached hydrogens (tertiary/aromatic N) is 3. The minimum absolute atomic E-state index is 0.0418. The standard InChI is InChI=1S/C54H35N3OS/c1-54(2)44-16-8-6-13-38(44)42-29-35(24-27-45(42)54)36-25-28-46-43(30-36)50-41(15-10-17-47(50)58-46)53-56-51(34-21-19-33(20-22-34)32-11-4-3-5-12-32)55-52(57-53)37-23-26-40-39-14-7-9-18-48(39)59-49(40)31-37/h3-31H,1-2H3. The summed E-state index contributed by atoms with van der Waals surface area (Å²) in [6.45, 7) is 4.64. The van der Waals surface area contributed by atoms with Crippen LogP contribution in [-0.4, -0.2) is 15.0 Å². The van der Waals surface area contributed by atoms with Crippen molar-refractivity contribution in [2.24, 2.45) is 0 Å². The summed E-state index contributed by atoms with van der Waals surface area (Å²) in [5.41, 5.74) is 14.3. The fourth-order valence-corrected chi connectivity index (χ4v) is 10.3. The number of aromatic nitrogens is 3. The monoisotopic (exact) mass is 773 g/mol. The van der Waals surface area contributed by atoms with Gasteiger partial charge in [-0.15, -0.1) is 11.3 Å². The smallest absolute Gasteiger partial charge is 0.164 e. The summed E-state index contributed by atoms with van der Waals surface area (Å²) in [7, 11) is 0. The fourth-order valence-electron chi connectivity index (χ4n) is 9.15. The number of furan rings is 1. The van der Waals surface area contributed by atoms with Crippen LogP contribution in [0, 0.1) is 0 Å². The summed E-state index contributed by atoms with van der Waals surface area (Å²) in [5, 5.41) is 4.51. The normalized spacial score (nSPS) is 13.1. The lowest BCUT2D eigenvalue weighted by Gasteiger charge is -2.21. The SMILES string of the molecule is CC1(C)c2ccccc2-c2cc(-c3ccc4oc5cccc(-c6nc(-c7ccc(-c8ccccc8)cc7)nc(-c7ccc8c(c7)sc7ccccc78)n6)c5c4c3)ccc21. The molecule has 0 saturated carbocycles. The van der Waals surface area contributed by atoms with Gasteiger partial charge in [0.1, 0.15) is 11.2 Å². The molecule has 0 amide bonds. The zero-order valence-corrected chi connectivity index (χ0v) is 33.2. The third-order valence-electron chi connectivity index (χ3n) is 12.2. The van der Waals surface area contributed by atoms with Gasteiger partial charge in [0.05, 0.1) is 0 Å². The maximum Gasteiger partial charge on any atom is 0.164 e. The molecule has 3 heterocycles. The average molecular weight is 774 g/mol. The number of thiophene rings is 1. The molecule has 278 valence electrons. The van der Waals surface area contributed by atoms with Crippen LogP contribution in [0.4, 0.5) is 0 Å². The second-order valence-corrected chi connectivity index (χ2v) is 17.1. The van der Waals surface area contributed by atoms with Crippen molar-refractivity contribution in [3.63, 3.8) is 0 Å². The molecule has 0 atom stereocenters. The fraction of sp³-hybridized carbons (Fsp3) is 0.0556. The molecule has 11 aromatic rings. The van der Waals surface area contributed by atoms with Crippen LogP contribution in [0.25, 0.3) is 110 Å². The molecular formula is C54H35N3OS. The number of rotatable bonds is 5. The Morgan fingerprint density at radius 2 is 1.02 bits per heavy atom. The first kappa shape index (κ1) is 33.9. The molecule has 12 rings (SSSR count). The molecule has 3 aromatic heterocycles. The van der Waals surface area contributed by atoms with E-state index < -0.39 is 0 Å². The van der Waals surface area contributed by atoms with Crippen LogP contribution in [0.3, 0.4) is 0 Å². The number of hydrogen-bond donors (Lipinski definition) is 0. The second kappa shape index (κ2) is 12.9. The molecule has 4 nitrogen and oxygen atoms in total. The highest BCUT2D eigenvalue weighted by atomic mass is 32.1. The van der Waals surface area contributed by atoms with Crippen molar-refractivity contribution in [2.75, 3.05) is 0 Å². The van der Waals surface area contributed by atoms with E-state index in [1.807, 2.05) is 18.2 Å². The van der Waals surface area contributed by atoms with Crippen molar-refractivity contribution in [3.8, 4) is 67.5 Å². The summed E-state index contributed by atoms with van der Waals surface area (Å²) < 4.78 is 9.01. The quantitative estimate of drug-likeness (QED) is 0.175. The molecule has 1 aliphatic carbocycles. The van der Waals surface area contributed by atoms with Gasteiger partial charge in [-0.25, -0.2) is 15.0 Å². The molecule has 59 heavy (non-hydrogen) atoms. The van der Waals surface area contributed by atoms with Gasteiger partial charge in [0.25, 0.3) is 0 Å². The molecule has 0 fully saturated rings. The predicted octanol–water partition coefficient (Wildman–Crippen LogP) is 14.8. The summed E-state index contributed by atoms with van der Waals surface area (Å²) >= 11 is 1.79. The Morgan fingerprint density at radius 1 is 0.390 bits per heavy atom. The van der Waals surface area contributed by atoms with Gasteiger partial charge < -0.3 is 4.42 Å². The Hall–Kier alpha value is -7.21. The van der Waals surface area contributed by atoms with Gasteiger partial charge in [0.2, 0.25) is 0 Å². The lowest BCUT2D eigenvalue weighted by Crippen LogP contribution is -2.14. The maximum atomic E-state index is 6.55.